The van der Waals surface area contributed by atoms with Gasteiger partial charge in [-0.3, -0.25) is 4.79 Å². The first-order valence-electron chi connectivity index (χ1n) is 9.52. The zero-order valence-corrected chi connectivity index (χ0v) is 16.7. The van der Waals surface area contributed by atoms with Crippen LogP contribution in [0.15, 0.2) is 34.7 Å². The maximum absolute atomic E-state index is 12.8. The Labute approximate surface area is 164 Å². The van der Waals surface area contributed by atoms with Crippen molar-refractivity contribution in [2.24, 2.45) is 5.92 Å². The zero-order valence-electron chi connectivity index (χ0n) is 15.8. The number of ether oxygens (including phenoxy) is 1. The Morgan fingerprint density at radius 2 is 1.96 bits per heavy atom. The fraction of sp³-hybridized carbons (Fsp3) is 0.500. The van der Waals surface area contributed by atoms with Crippen LogP contribution in [0.2, 0.25) is 0 Å². The third kappa shape index (κ3) is 3.84. The number of rotatable bonds is 4. The molecule has 1 amide bonds. The van der Waals surface area contributed by atoms with Crippen molar-refractivity contribution >= 4 is 15.7 Å². The highest BCUT2D eigenvalue weighted by molar-refractivity contribution is 7.91. The molecule has 1 fully saturated rings. The Morgan fingerprint density at radius 1 is 1.25 bits per heavy atom. The molecule has 0 aliphatic carbocycles. The van der Waals surface area contributed by atoms with Crippen LogP contribution < -0.4 is 0 Å². The first-order chi connectivity index (χ1) is 13.5. The third-order valence-electron chi connectivity index (χ3n) is 5.52. The van der Waals surface area contributed by atoms with Crippen LogP contribution >= 0.6 is 0 Å². The number of sulfone groups is 1. The number of hydrogen-bond donors (Lipinski definition) is 0. The Hall–Kier alpha value is -2.19. The standard InChI is InChI=1S/C20H24N2O5S/c1-26-18(14-5-3-2-4-6-14)19-21-16-13-22(10-7-17(16)27-19)20(23)15-8-11-28(24,25)12-9-15/h2-6,15,18H,7-13H2,1H3. The quantitative estimate of drug-likeness (QED) is 0.775. The maximum Gasteiger partial charge on any atom is 0.228 e. The van der Waals surface area contributed by atoms with Gasteiger partial charge < -0.3 is 14.1 Å². The Kier molecular flexibility index (Phi) is 5.25. The molecule has 2 aliphatic heterocycles. The molecule has 28 heavy (non-hydrogen) atoms. The first kappa shape index (κ1) is 19.1. The molecule has 1 aromatic heterocycles. The molecule has 2 aromatic rings. The van der Waals surface area contributed by atoms with Crippen molar-refractivity contribution in [2.75, 3.05) is 25.2 Å². The van der Waals surface area contributed by atoms with Crippen molar-refractivity contribution in [2.45, 2.75) is 31.9 Å². The second kappa shape index (κ2) is 7.67. The second-order valence-electron chi connectivity index (χ2n) is 7.38. The molecule has 3 heterocycles. The van der Waals surface area contributed by atoms with Gasteiger partial charge in [-0.05, 0) is 18.4 Å². The molecule has 1 aromatic carbocycles. The summed E-state index contributed by atoms with van der Waals surface area (Å²) in [5, 5.41) is 0. The molecule has 0 spiro atoms. The van der Waals surface area contributed by atoms with Crippen LogP contribution in [-0.4, -0.2) is 49.4 Å². The minimum absolute atomic E-state index is 0.0245. The average molecular weight is 404 g/mol. The molecule has 1 saturated heterocycles. The van der Waals surface area contributed by atoms with Crippen molar-refractivity contribution in [1.82, 2.24) is 9.88 Å². The van der Waals surface area contributed by atoms with Gasteiger partial charge in [0.25, 0.3) is 0 Å². The van der Waals surface area contributed by atoms with Gasteiger partial charge in [0.1, 0.15) is 21.3 Å². The molecule has 1 atom stereocenters. The van der Waals surface area contributed by atoms with Gasteiger partial charge in [0.15, 0.2) is 6.10 Å². The summed E-state index contributed by atoms with van der Waals surface area (Å²) < 4.78 is 34.8. The van der Waals surface area contributed by atoms with Gasteiger partial charge in [-0.15, -0.1) is 0 Å². The van der Waals surface area contributed by atoms with E-state index < -0.39 is 9.84 Å². The lowest BCUT2D eigenvalue weighted by Gasteiger charge is -2.30. The van der Waals surface area contributed by atoms with Crippen LogP contribution in [0.1, 0.15) is 41.9 Å². The summed E-state index contributed by atoms with van der Waals surface area (Å²) >= 11 is 0. The fourth-order valence-electron chi connectivity index (χ4n) is 3.92. The van der Waals surface area contributed by atoms with E-state index in [4.69, 9.17) is 9.15 Å². The molecular weight excluding hydrogens is 380 g/mol. The topological polar surface area (TPSA) is 89.7 Å². The number of benzene rings is 1. The number of oxazole rings is 1. The molecule has 8 heteroatoms. The summed E-state index contributed by atoms with van der Waals surface area (Å²) in [7, 11) is -1.36. The number of hydrogen-bond acceptors (Lipinski definition) is 6. The number of amides is 1. The van der Waals surface area contributed by atoms with E-state index in [0.717, 1.165) is 17.0 Å². The van der Waals surface area contributed by atoms with E-state index >= 15 is 0 Å². The maximum atomic E-state index is 12.8. The molecule has 0 N–H and O–H groups in total. The predicted octanol–water partition coefficient (Wildman–Crippen LogP) is 2.12. The van der Waals surface area contributed by atoms with Crippen LogP contribution in [0.5, 0.6) is 0 Å². The summed E-state index contributed by atoms with van der Waals surface area (Å²) in [6.07, 6.45) is 1.03. The SMILES string of the molecule is COC(c1ccccc1)c1nc2c(o1)CCN(C(=O)C1CCS(=O)(=O)CC1)C2. The number of methoxy groups -OCH3 is 1. The number of aromatic nitrogens is 1. The van der Waals surface area contributed by atoms with E-state index in [9.17, 15) is 13.2 Å². The van der Waals surface area contributed by atoms with Gasteiger partial charge in [0.2, 0.25) is 11.8 Å². The summed E-state index contributed by atoms with van der Waals surface area (Å²) in [6, 6.07) is 9.75. The minimum atomic E-state index is -2.98. The lowest BCUT2D eigenvalue weighted by molar-refractivity contribution is -0.136. The van der Waals surface area contributed by atoms with Gasteiger partial charge in [0, 0.05) is 26.0 Å². The zero-order chi connectivity index (χ0) is 19.7. The van der Waals surface area contributed by atoms with Crippen LogP contribution in [-0.2, 0) is 32.3 Å². The second-order valence-corrected chi connectivity index (χ2v) is 9.69. The molecular formula is C20H24N2O5S. The van der Waals surface area contributed by atoms with E-state index in [-0.39, 0.29) is 29.4 Å². The Balaban J connectivity index is 1.48. The average Bonchev–Trinajstić information content (AvgIpc) is 3.11. The molecule has 150 valence electrons. The normalized spacial score (nSPS) is 20.5. The molecule has 4 rings (SSSR count). The largest absolute Gasteiger partial charge is 0.442 e. The summed E-state index contributed by atoms with van der Waals surface area (Å²) in [5.41, 5.74) is 1.72. The van der Waals surface area contributed by atoms with E-state index in [1.54, 1.807) is 12.0 Å². The molecule has 1 unspecified atom stereocenters. The molecule has 0 bridgehead atoms. The molecule has 0 radical (unpaired) electrons. The van der Waals surface area contributed by atoms with Crippen LogP contribution in [0.3, 0.4) is 0 Å². The van der Waals surface area contributed by atoms with Gasteiger partial charge in [0.05, 0.1) is 18.1 Å². The molecule has 0 saturated carbocycles. The summed E-state index contributed by atoms with van der Waals surface area (Å²) in [5.74, 6) is 1.30. The fourth-order valence-corrected chi connectivity index (χ4v) is 5.41. The number of fused-ring (bicyclic) bond motifs is 1. The minimum Gasteiger partial charge on any atom is -0.442 e. The van der Waals surface area contributed by atoms with Gasteiger partial charge in [-0.25, -0.2) is 13.4 Å². The van der Waals surface area contributed by atoms with Crippen LogP contribution in [0.25, 0.3) is 0 Å². The highest BCUT2D eigenvalue weighted by Crippen LogP contribution is 2.30. The predicted molar refractivity (Wildman–Crippen MR) is 102 cm³/mol. The van der Waals surface area contributed by atoms with Crippen molar-refractivity contribution < 1.29 is 22.4 Å². The summed E-state index contributed by atoms with van der Waals surface area (Å²) in [4.78, 5) is 19.2. The Bertz CT molecular complexity index is 940. The van der Waals surface area contributed by atoms with Crippen molar-refractivity contribution in [3.63, 3.8) is 0 Å². The van der Waals surface area contributed by atoms with E-state index in [2.05, 4.69) is 4.98 Å². The van der Waals surface area contributed by atoms with E-state index in [1.807, 2.05) is 30.3 Å². The van der Waals surface area contributed by atoms with Crippen LogP contribution in [0.4, 0.5) is 0 Å². The highest BCUT2D eigenvalue weighted by Gasteiger charge is 2.34. The monoisotopic (exact) mass is 404 g/mol. The first-order valence-corrected chi connectivity index (χ1v) is 11.3. The third-order valence-corrected chi connectivity index (χ3v) is 7.24. The van der Waals surface area contributed by atoms with E-state index in [0.29, 0.717) is 38.2 Å². The van der Waals surface area contributed by atoms with Crippen molar-refractivity contribution in [3.8, 4) is 0 Å². The van der Waals surface area contributed by atoms with Crippen LogP contribution in [0, 0.1) is 5.92 Å². The Morgan fingerprint density at radius 3 is 2.64 bits per heavy atom. The summed E-state index contributed by atoms with van der Waals surface area (Å²) in [6.45, 7) is 0.957. The number of carbonyl (C=O) groups is 1. The lowest BCUT2D eigenvalue weighted by atomic mass is 10.00. The molecule has 7 nitrogen and oxygen atoms in total. The van der Waals surface area contributed by atoms with E-state index in [1.165, 1.54) is 0 Å². The molecule has 2 aliphatic rings. The highest BCUT2D eigenvalue weighted by atomic mass is 32.2. The van der Waals surface area contributed by atoms with Gasteiger partial charge >= 0.3 is 0 Å². The van der Waals surface area contributed by atoms with Gasteiger partial charge in [-0.1, -0.05) is 30.3 Å². The van der Waals surface area contributed by atoms with Gasteiger partial charge in [-0.2, -0.15) is 0 Å². The number of nitrogens with zero attached hydrogens (tertiary/aromatic N) is 2. The van der Waals surface area contributed by atoms with Crippen molar-refractivity contribution in [3.05, 3.63) is 53.2 Å². The lowest BCUT2D eigenvalue weighted by Crippen LogP contribution is -2.42. The number of carbonyl (C=O) groups excluding carboxylic acids is 1. The smallest absolute Gasteiger partial charge is 0.228 e. The van der Waals surface area contributed by atoms with Crippen molar-refractivity contribution in [1.29, 1.82) is 0 Å².